The highest BCUT2D eigenvalue weighted by atomic mass is 32.2. The molecule has 0 aliphatic heterocycles. The van der Waals surface area contributed by atoms with E-state index in [4.69, 9.17) is 0 Å². The molecule has 0 bridgehead atoms. The summed E-state index contributed by atoms with van der Waals surface area (Å²) in [4.78, 5) is 0. The predicted octanol–water partition coefficient (Wildman–Crippen LogP) is 6.27. The van der Waals surface area contributed by atoms with Crippen LogP contribution in [0.4, 0.5) is 0 Å². The van der Waals surface area contributed by atoms with Crippen molar-refractivity contribution in [3.63, 3.8) is 0 Å². The molecule has 8 atom stereocenters. The Labute approximate surface area is 206 Å². The van der Waals surface area contributed by atoms with Gasteiger partial charge in [0.15, 0.2) is 0 Å². The molecule has 3 nitrogen and oxygen atoms in total. The third-order valence-electron chi connectivity index (χ3n) is 10.1. The van der Waals surface area contributed by atoms with E-state index in [0.717, 1.165) is 25.2 Å². The van der Waals surface area contributed by atoms with Crippen molar-refractivity contribution in [2.75, 3.05) is 5.75 Å². The van der Waals surface area contributed by atoms with Crippen LogP contribution in [0.2, 0.25) is 0 Å². The number of aliphatic hydroxyl groups is 3. The molecule has 0 spiro atoms. The lowest BCUT2D eigenvalue weighted by Crippen LogP contribution is -2.52. The lowest BCUT2D eigenvalue weighted by atomic mass is 9.49. The van der Waals surface area contributed by atoms with Gasteiger partial charge in [-0.05, 0) is 87.7 Å². The van der Waals surface area contributed by atoms with Crippen LogP contribution < -0.4 is 0 Å². The van der Waals surface area contributed by atoms with E-state index < -0.39 is 17.8 Å². The van der Waals surface area contributed by atoms with Crippen LogP contribution in [0.1, 0.15) is 98.8 Å². The molecule has 0 aromatic heterocycles. The molecule has 0 amide bonds. The molecule has 188 valence electrons. The number of thioether (sulfide) groups is 1. The SMILES string of the molecule is C[C@H](SCCCCCC(C)(C)O)[C@H]1CC[C@H]2C3=CC=C4C[C@@H](O)C[C@H](O)[C@]4(C)[C@H]3CC[C@]12C. The van der Waals surface area contributed by atoms with E-state index in [0.29, 0.717) is 28.9 Å². The molecule has 4 rings (SSSR count). The Morgan fingerprint density at radius 2 is 1.82 bits per heavy atom. The zero-order valence-corrected chi connectivity index (χ0v) is 22.5. The number of rotatable bonds is 8. The number of hydrogen-bond donors (Lipinski definition) is 3. The fourth-order valence-electron chi connectivity index (χ4n) is 8.08. The van der Waals surface area contributed by atoms with Gasteiger partial charge in [0.2, 0.25) is 0 Å². The standard InChI is InChI=1S/C29H48O3S/c1-19(33-16-8-6-7-14-27(2,3)32)23-11-12-24-22-10-9-20-17-21(30)18-26(31)29(20,5)25(22)13-15-28(23,24)4/h9-10,19,21,23-26,30-32H,6-8,11-18H2,1-5H3/t19-,21+,23+,24-,25-,26-,28+,29-/m0/s1. The Morgan fingerprint density at radius 3 is 2.55 bits per heavy atom. The third kappa shape index (κ3) is 4.88. The van der Waals surface area contributed by atoms with Crippen molar-refractivity contribution in [2.45, 2.75) is 122 Å². The summed E-state index contributed by atoms with van der Waals surface area (Å²) in [7, 11) is 0. The van der Waals surface area contributed by atoms with Gasteiger partial charge in [-0.1, -0.05) is 56.9 Å². The number of aliphatic hydroxyl groups excluding tert-OH is 2. The molecule has 0 aromatic rings. The molecule has 0 unspecified atom stereocenters. The number of allylic oxidation sites excluding steroid dienone is 3. The van der Waals surface area contributed by atoms with Gasteiger partial charge < -0.3 is 15.3 Å². The average molecular weight is 477 g/mol. The highest BCUT2D eigenvalue weighted by Crippen LogP contribution is 2.66. The van der Waals surface area contributed by atoms with E-state index in [2.05, 4.69) is 44.7 Å². The van der Waals surface area contributed by atoms with Gasteiger partial charge in [-0.2, -0.15) is 11.8 Å². The fourth-order valence-corrected chi connectivity index (χ4v) is 9.50. The first-order valence-corrected chi connectivity index (χ1v) is 14.6. The summed E-state index contributed by atoms with van der Waals surface area (Å²) in [5.74, 6) is 3.08. The molecule has 0 saturated heterocycles. The predicted molar refractivity (Wildman–Crippen MR) is 139 cm³/mol. The number of fused-ring (bicyclic) bond motifs is 5. The van der Waals surface area contributed by atoms with Gasteiger partial charge in [0.25, 0.3) is 0 Å². The maximum Gasteiger partial charge on any atom is 0.0661 e. The van der Waals surface area contributed by atoms with Crippen LogP contribution in [0, 0.1) is 28.6 Å². The van der Waals surface area contributed by atoms with E-state index in [-0.39, 0.29) is 5.41 Å². The summed E-state index contributed by atoms with van der Waals surface area (Å²) in [6.45, 7) is 11.1. The molecular weight excluding hydrogens is 428 g/mol. The van der Waals surface area contributed by atoms with Gasteiger partial charge in [0.1, 0.15) is 0 Å². The van der Waals surface area contributed by atoms with Gasteiger partial charge in [0.05, 0.1) is 17.8 Å². The molecule has 4 heteroatoms. The van der Waals surface area contributed by atoms with Crippen LogP contribution in [-0.4, -0.2) is 44.1 Å². The van der Waals surface area contributed by atoms with E-state index in [1.54, 1.807) is 5.57 Å². The smallest absolute Gasteiger partial charge is 0.0661 e. The molecule has 3 saturated carbocycles. The zero-order chi connectivity index (χ0) is 24.0. The Bertz CT molecular complexity index is 767. The molecule has 4 aliphatic carbocycles. The van der Waals surface area contributed by atoms with E-state index in [9.17, 15) is 15.3 Å². The first-order chi connectivity index (χ1) is 15.5. The summed E-state index contributed by atoms with van der Waals surface area (Å²) in [6.07, 6.45) is 14.6. The Kier molecular flexibility index (Phi) is 7.53. The summed E-state index contributed by atoms with van der Waals surface area (Å²) >= 11 is 2.17. The van der Waals surface area contributed by atoms with Crippen LogP contribution in [-0.2, 0) is 0 Å². The second-order valence-electron chi connectivity index (χ2n) is 12.8. The highest BCUT2D eigenvalue weighted by Gasteiger charge is 2.58. The van der Waals surface area contributed by atoms with Gasteiger partial charge in [-0.3, -0.25) is 0 Å². The van der Waals surface area contributed by atoms with Crippen LogP contribution in [0.5, 0.6) is 0 Å². The minimum absolute atomic E-state index is 0.188. The van der Waals surface area contributed by atoms with Gasteiger partial charge in [0, 0.05) is 17.1 Å². The molecule has 4 aliphatic rings. The Hall–Kier alpha value is -0.290. The average Bonchev–Trinajstić information content (AvgIpc) is 3.08. The normalized spacial score (nSPS) is 41.5. The molecule has 33 heavy (non-hydrogen) atoms. The number of hydrogen-bond acceptors (Lipinski definition) is 4. The molecule has 0 radical (unpaired) electrons. The van der Waals surface area contributed by atoms with Crippen LogP contribution in [0.3, 0.4) is 0 Å². The van der Waals surface area contributed by atoms with Crippen molar-refractivity contribution >= 4 is 11.8 Å². The maximum absolute atomic E-state index is 11.1. The van der Waals surface area contributed by atoms with Crippen molar-refractivity contribution in [1.29, 1.82) is 0 Å². The van der Waals surface area contributed by atoms with E-state index >= 15 is 0 Å². The van der Waals surface area contributed by atoms with Crippen molar-refractivity contribution in [3.8, 4) is 0 Å². The molecule has 0 heterocycles. The molecule has 3 N–H and O–H groups in total. The monoisotopic (exact) mass is 476 g/mol. The summed E-state index contributed by atoms with van der Waals surface area (Å²) in [5.41, 5.74) is 2.54. The first kappa shape index (κ1) is 25.8. The van der Waals surface area contributed by atoms with Crippen LogP contribution in [0.15, 0.2) is 23.3 Å². The summed E-state index contributed by atoms with van der Waals surface area (Å²) < 4.78 is 0. The van der Waals surface area contributed by atoms with E-state index in [1.165, 1.54) is 49.9 Å². The van der Waals surface area contributed by atoms with E-state index in [1.807, 2.05) is 13.8 Å². The fraction of sp³-hybridized carbons (Fsp3) is 0.862. The number of unbranched alkanes of at least 4 members (excludes halogenated alkanes) is 2. The van der Waals surface area contributed by atoms with Crippen LogP contribution >= 0.6 is 11.8 Å². The van der Waals surface area contributed by atoms with Crippen molar-refractivity contribution in [2.24, 2.45) is 28.6 Å². The maximum atomic E-state index is 11.1. The zero-order valence-electron chi connectivity index (χ0n) is 21.6. The minimum atomic E-state index is -0.527. The van der Waals surface area contributed by atoms with Crippen molar-refractivity contribution < 1.29 is 15.3 Å². The lowest BCUT2D eigenvalue weighted by Gasteiger charge is -2.56. The van der Waals surface area contributed by atoms with Crippen LogP contribution in [0.25, 0.3) is 0 Å². The topological polar surface area (TPSA) is 60.7 Å². The first-order valence-electron chi connectivity index (χ1n) is 13.6. The Balaban J connectivity index is 1.39. The largest absolute Gasteiger partial charge is 0.393 e. The summed E-state index contributed by atoms with van der Waals surface area (Å²) in [5, 5.41) is 31.9. The lowest BCUT2D eigenvalue weighted by molar-refractivity contribution is -0.0526. The second-order valence-corrected chi connectivity index (χ2v) is 14.3. The molecular formula is C29H48O3S. The van der Waals surface area contributed by atoms with Gasteiger partial charge >= 0.3 is 0 Å². The molecule has 3 fully saturated rings. The minimum Gasteiger partial charge on any atom is -0.393 e. The molecule has 0 aromatic carbocycles. The summed E-state index contributed by atoms with van der Waals surface area (Å²) in [6, 6.07) is 0. The quantitative estimate of drug-likeness (QED) is 0.361. The second kappa shape index (κ2) is 9.64. The highest BCUT2D eigenvalue weighted by molar-refractivity contribution is 7.99. The Morgan fingerprint density at radius 1 is 1.06 bits per heavy atom. The van der Waals surface area contributed by atoms with Crippen molar-refractivity contribution in [1.82, 2.24) is 0 Å². The van der Waals surface area contributed by atoms with Gasteiger partial charge in [-0.15, -0.1) is 0 Å². The van der Waals surface area contributed by atoms with Gasteiger partial charge in [-0.25, -0.2) is 0 Å². The van der Waals surface area contributed by atoms with Crippen molar-refractivity contribution in [3.05, 3.63) is 23.3 Å². The third-order valence-corrected chi connectivity index (χ3v) is 11.5.